The van der Waals surface area contributed by atoms with Gasteiger partial charge in [-0.2, -0.15) is 0 Å². The highest BCUT2D eigenvalue weighted by Crippen LogP contribution is 2.27. The van der Waals surface area contributed by atoms with Gasteiger partial charge in [-0.3, -0.25) is 4.79 Å². The molecule has 0 aliphatic heterocycles. The number of aromatic hydroxyl groups is 2. The molecule has 0 fully saturated rings. The summed E-state index contributed by atoms with van der Waals surface area (Å²) in [6.45, 7) is 3.92. The van der Waals surface area contributed by atoms with Gasteiger partial charge < -0.3 is 20.3 Å². The Labute approximate surface area is 100 Å². The molecule has 0 saturated carbocycles. The molecule has 94 valence electrons. The number of esters is 1. The van der Waals surface area contributed by atoms with Crippen molar-refractivity contribution in [1.29, 1.82) is 0 Å². The molecular weight excluding hydrogens is 222 g/mol. The van der Waals surface area contributed by atoms with E-state index in [0.29, 0.717) is 12.2 Å². The minimum absolute atomic E-state index is 0.0596. The first-order valence-corrected chi connectivity index (χ1v) is 5.45. The van der Waals surface area contributed by atoms with E-state index in [1.165, 1.54) is 18.2 Å². The van der Waals surface area contributed by atoms with Gasteiger partial charge in [-0.15, -0.1) is 0 Å². The van der Waals surface area contributed by atoms with Crippen LogP contribution in [0.4, 0.5) is 0 Å². The maximum Gasteiger partial charge on any atom is 0.319 e. The van der Waals surface area contributed by atoms with Gasteiger partial charge in [0.25, 0.3) is 0 Å². The van der Waals surface area contributed by atoms with Crippen LogP contribution in [-0.4, -0.2) is 29.3 Å². The molecule has 0 saturated heterocycles. The predicted octanol–water partition coefficient (Wildman–Crippen LogP) is 1.31. The van der Waals surface area contributed by atoms with Crippen LogP contribution in [-0.2, 0) is 9.53 Å². The van der Waals surface area contributed by atoms with Gasteiger partial charge in [0, 0.05) is 11.6 Å². The molecule has 0 aliphatic rings. The lowest BCUT2D eigenvalue weighted by molar-refractivity contribution is -0.142. The molecule has 1 rings (SSSR count). The molecule has 0 radical (unpaired) electrons. The largest absolute Gasteiger partial charge is 0.508 e. The summed E-state index contributed by atoms with van der Waals surface area (Å²) in [4.78, 5) is 11.1. The average molecular weight is 239 g/mol. The fourth-order valence-electron chi connectivity index (χ4n) is 1.45. The number of ether oxygens (including phenoxy) is 1. The highest BCUT2D eigenvalue weighted by atomic mass is 16.5. The van der Waals surface area contributed by atoms with Crippen molar-refractivity contribution >= 4 is 5.97 Å². The summed E-state index contributed by atoms with van der Waals surface area (Å²) >= 11 is 0. The summed E-state index contributed by atoms with van der Waals surface area (Å²) in [6.07, 6.45) is 0. The van der Waals surface area contributed by atoms with E-state index in [1.54, 1.807) is 13.8 Å². The van der Waals surface area contributed by atoms with Crippen LogP contribution in [0.3, 0.4) is 0 Å². The second kappa shape index (κ2) is 6.10. The molecular formula is C12H17NO4. The zero-order valence-electron chi connectivity index (χ0n) is 9.93. The number of carbonyl (C=O) groups excluding carboxylic acids is 1. The number of hydrogen-bond acceptors (Lipinski definition) is 5. The summed E-state index contributed by atoms with van der Waals surface area (Å²) in [5, 5.41) is 21.8. The standard InChI is InChI=1S/C12H17NO4/c1-3-17-12(16)7-13-8(2)10-6-9(14)4-5-11(10)15/h4-6,8,13-15H,3,7H2,1-2H3. The first-order valence-electron chi connectivity index (χ1n) is 5.45. The normalized spacial score (nSPS) is 12.1. The van der Waals surface area contributed by atoms with Crippen LogP contribution in [0, 0.1) is 0 Å². The summed E-state index contributed by atoms with van der Waals surface area (Å²) in [7, 11) is 0. The minimum atomic E-state index is -0.348. The zero-order chi connectivity index (χ0) is 12.8. The van der Waals surface area contributed by atoms with Crippen molar-refractivity contribution in [3.63, 3.8) is 0 Å². The summed E-state index contributed by atoms with van der Waals surface area (Å²) < 4.78 is 4.77. The lowest BCUT2D eigenvalue weighted by atomic mass is 10.1. The Bertz CT molecular complexity index is 392. The third-order valence-corrected chi connectivity index (χ3v) is 2.34. The van der Waals surface area contributed by atoms with E-state index in [2.05, 4.69) is 5.32 Å². The van der Waals surface area contributed by atoms with Gasteiger partial charge in [0.05, 0.1) is 13.2 Å². The Kier molecular flexibility index (Phi) is 4.78. The topological polar surface area (TPSA) is 78.8 Å². The van der Waals surface area contributed by atoms with Gasteiger partial charge in [0.1, 0.15) is 11.5 Å². The molecule has 0 heterocycles. The van der Waals surface area contributed by atoms with Gasteiger partial charge in [-0.1, -0.05) is 0 Å². The van der Waals surface area contributed by atoms with Crippen molar-refractivity contribution < 1.29 is 19.7 Å². The Hall–Kier alpha value is -1.75. The number of phenolic OH excluding ortho intramolecular Hbond substituents is 2. The van der Waals surface area contributed by atoms with Crippen molar-refractivity contribution in [3.8, 4) is 11.5 Å². The molecule has 0 amide bonds. The molecule has 0 aliphatic carbocycles. The zero-order valence-corrected chi connectivity index (χ0v) is 9.93. The highest BCUT2D eigenvalue weighted by Gasteiger charge is 2.12. The quantitative estimate of drug-likeness (QED) is 0.533. The summed E-state index contributed by atoms with van der Waals surface area (Å²) in [5.41, 5.74) is 0.536. The fraction of sp³-hybridized carbons (Fsp3) is 0.417. The molecule has 1 aromatic carbocycles. The van der Waals surface area contributed by atoms with Crippen LogP contribution >= 0.6 is 0 Å². The van der Waals surface area contributed by atoms with Gasteiger partial charge in [-0.25, -0.2) is 0 Å². The van der Waals surface area contributed by atoms with E-state index < -0.39 is 0 Å². The van der Waals surface area contributed by atoms with Crippen molar-refractivity contribution in [2.45, 2.75) is 19.9 Å². The Morgan fingerprint density at radius 1 is 1.47 bits per heavy atom. The van der Waals surface area contributed by atoms with Gasteiger partial charge >= 0.3 is 5.97 Å². The second-order valence-corrected chi connectivity index (χ2v) is 3.65. The van der Waals surface area contributed by atoms with E-state index in [0.717, 1.165) is 0 Å². The Morgan fingerprint density at radius 2 is 2.18 bits per heavy atom. The van der Waals surface area contributed by atoms with E-state index in [-0.39, 0.29) is 30.1 Å². The van der Waals surface area contributed by atoms with Crippen LogP contribution in [0.5, 0.6) is 11.5 Å². The molecule has 1 unspecified atom stereocenters. The third kappa shape index (κ3) is 3.96. The number of phenols is 2. The van der Waals surface area contributed by atoms with Crippen molar-refractivity contribution in [1.82, 2.24) is 5.32 Å². The number of rotatable bonds is 5. The molecule has 17 heavy (non-hydrogen) atoms. The van der Waals surface area contributed by atoms with Crippen molar-refractivity contribution in [2.75, 3.05) is 13.2 Å². The maximum absolute atomic E-state index is 11.1. The molecule has 1 aromatic rings. The monoisotopic (exact) mass is 239 g/mol. The maximum atomic E-state index is 11.1. The Balaban J connectivity index is 2.60. The SMILES string of the molecule is CCOC(=O)CNC(C)c1cc(O)ccc1O. The van der Waals surface area contributed by atoms with E-state index >= 15 is 0 Å². The number of carbonyl (C=O) groups is 1. The molecule has 5 heteroatoms. The van der Waals surface area contributed by atoms with Crippen LogP contribution in [0.2, 0.25) is 0 Å². The number of nitrogens with one attached hydrogen (secondary N) is 1. The summed E-state index contributed by atoms with van der Waals surface area (Å²) in [6, 6.07) is 4.01. The van der Waals surface area contributed by atoms with Gasteiger partial charge in [-0.05, 0) is 32.0 Å². The average Bonchev–Trinajstić information content (AvgIpc) is 2.29. The molecule has 3 N–H and O–H groups in total. The predicted molar refractivity (Wildman–Crippen MR) is 62.8 cm³/mol. The van der Waals surface area contributed by atoms with Gasteiger partial charge in [0.15, 0.2) is 0 Å². The Morgan fingerprint density at radius 3 is 2.82 bits per heavy atom. The highest BCUT2D eigenvalue weighted by molar-refractivity contribution is 5.71. The molecule has 0 bridgehead atoms. The second-order valence-electron chi connectivity index (χ2n) is 3.65. The minimum Gasteiger partial charge on any atom is -0.508 e. The first-order chi connectivity index (χ1) is 8.04. The van der Waals surface area contributed by atoms with Gasteiger partial charge in [0.2, 0.25) is 0 Å². The first kappa shape index (κ1) is 13.3. The number of hydrogen-bond donors (Lipinski definition) is 3. The number of benzene rings is 1. The lowest BCUT2D eigenvalue weighted by Crippen LogP contribution is -2.27. The fourth-order valence-corrected chi connectivity index (χ4v) is 1.45. The molecule has 5 nitrogen and oxygen atoms in total. The van der Waals surface area contributed by atoms with Crippen LogP contribution in [0.15, 0.2) is 18.2 Å². The van der Waals surface area contributed by atoms with E-state index in [9.17, 15) is 15.0 Å². The van der Waals surface area contributed by atoms with Crippen molar-refractivity contribution in [3.05, 3.63) is 23.8 Å². The van der Waals surface area contributed by atoms with Crippen LogP contribution in [0.1, 0.15) is 25.5 Å². The third-order valence-electron chi connectivity index (χ3n) is 2.34. The van der Waals surface area contributed by atoms with Crippen LogP contribution < -0.4 is 5.32 Å². The van der Waals surface area contributed by atoms with E-state index in [1.807, 2.05) is 0 Å². The lowest BCUT2D eigenvalue weighted by Gasteiger charge is -2.15. The van der Waals surface area contributed by atoms with Crippen molar-refractivity contribution in [2.24, 2.45) is 0 Å². The van der Waals surface area contributed by atoms with Crippen LogP contribution in [0.25, 0.3) is 0 Å². The molecule has 0 spiro atoms. The van der Waals surface area contributed by atoms with E-state index in [4.69, 9.17) is 4.74 Å². The molecule has 0 aromatic heterocycles. The summed E-state index contributed by atoms with van der Waals surface area (Å²) in [5.74, 6) is -0.201. The molecule has 1 atom stereocenters. The smallest absolute Gasteiger partial charge is 0.319 e.